The lowest BCUT2D eigenvalue weighted by atomic mass is 10.0. The van der Waals surface area contributed by atoms with Crippen LogP contribution in [0.3, 0.4) is 0 Å². The number of hydrogen-bond acceptors (Lipinski definition) is 9. The van der Waals surface area contributed by atoms with Crippen LogP contribution < -0.4 is 10.6 Å². The monoisotopic (exact) mass is 594 g/mol. The molecule has 0 radical (unpaired) electrons. The van der Waals surface area contributed by atoms with Crippen molar-refractivity contribution in [2.24, 2.45) is 5.92 Å². The highest BCUT2D eigenvalue weighted by atomic mass is 16.6. The molecule has 43 heavy (non-hydrogen) atoms. The van der Waals surface area contributed by atoms with Gasteiger partial charge >= 0.3 is 12.1 Å². The van der Waals surface area contributed by atoms with Crippen LogP contribution in [0.25, 0.3) is 11.5 Å². The highest BCUT2D eigenvalue weighted by Gasteiger charge is 2.61. The number of pyridine rings is 1. The van der Waals surface area contributed by atoms with E-state index in [4.69, 9.17) is 4.74 Å². The molecule has 14 nitrogen and oxygen atoms in total. The van der Waals surface area contributed by atoms with Crippen LogP contribution in [0.15, 0.2) is 36.5 Å². The van der Waals surface area contributed by atoms with Crippen LogP contribution in [0.4, 0.5) is 4.79 Å². The lowest BCUT2D eigenvalue weighted by molar-refractivity contribution is -0.145. The van der Waals surface area contributed by atoms with Crippen LogP contribution in [-0.2, 0) is 19.1 Å². The minimum absolute atomic E-state index is 0.0604. The number of allylic oxidation sites excluding steroid dienone is 1. The van der Waals surface area contributed by atoms with Crippen LogP contribution in [0, 0.1) is 5.92 Å². The molecule has 0 unspecified atom stereocenters. The minimum atomic E-state index is -1.42. The Balaban J connectivity index is 1.44. The van der Waals surface area contributed by atoms with Crippen molar-refractivity contribution in [2.75, 3.05) is 6.54 Å². The van der Waals surface area contributed by atoms with E-state index in [-0.39, 0.29) is 25.3 Å². The Morgan fingerprint density at radius 1 is 1.19 bits per heavy atom. The molecule has 3 amide bonds. The predicted octanol–water partition coefficient (Wildman–Crippen LogP) is 2.25. The van der Waals surface area contributed by atoms with Gasteiger partial charge in [-0.15, -0.1) is 10.2 Å². The summed E-state index contributed by atoms with van der Waals surface area (Å²) in [6, 6.07) is 2.83. The summed E-state index contributed by atoms with van der Waals surface area (Å²) < 4.78 is 5.43. The number of carbonyl (C=O) groups is 4. The summed E-state index contributed by atoms with van der Waals surface area (Å²) in [5, 5.41) is 28.3. The molecule has 1 saturated heterocycles. The standard InChI is InChI=1S/C29H38N8O6/c1-28(2,3)43-27(42)31-21-13-8-6-4-5-7-11-18-16-29(18,26(40)41)32-24(38)22-15-19(17-36(22)25(21)39)37-34-23(33-35-37)20-12-9-10-14-30-20/h7,9-12,14,18-19,21-22H,4-6,8,13,15-17H2,1-3H3,(H,31,42)(H,32,38)(H,40,41)/b11-7-/t18-,19-,21+,22-,29-/m0/s1. The van der Waals surface area contributed by atoms with E-state index in [2.05, 4.69) is 31.0 Å². The minimum Gasteiger partial charge on any atom is -0.479 e. The topological polar surface area (TPSA) is 182 Å². The fourth-order valence-corrected chi connectivity index (χ4v) is 5.67. The van der Waals surface area contributed by atoms with Gasteiger partial charge in [-0.05, 0) is 63.8 Å². The predicted molar refractivity (Wildman–Crippen MR) is 152 cm³/mol. The summed E-state index contributed by atoms with van der Waals surface area (Å²) in [5.74, 6) is -2.19. The lowest BCUT2D eigenvalue weighted by Gasteiger charge is -2.30. The number of ether oxygens (including phenoxy) is 1. The van der Waals surface area contributed by atoms with Gasteiger partial charge in [-0.2, -0.15) is 4.80 Å². The molecule has 2 fully saturated rings. The molecule has 2 aliphatic heterocycles. The summed E-state index contributed by atoms with van der Waals surface area (Å²) >= 11 is 0. The van der Waals surface area contributed by atoms with E-state index in [9.17, 15) is 24.3 Å². The van der Waals surface area contributed by atoms with Crippen LogP contribution in [-0.4, -0.2) is 88.8 Å². The number of aliphatic carboxylic acids is 1. The molecule has 1 aliphatic carbocycles. The maximum Gasteiger partial charge on any atom is 0.408 e. The first-order chi connectivity index (χ1) is 20.5. The normalized spacial score (nSPS) is 28.9. The van der Waals surface area contributed by atoms with Crippen LogP contribution in [0.1, 0.15) is 71.8 Å². The molecule has 230 valence electrons. The molecule has 0 aromatic carbocycles. The molecular weight excluding hydrogens is 556 g/mol. The number of fused-ring (bicyclic) bond motifs is 2. The summed E-state index contributed by atoms with van der Waals surface area (Å²) in [6.07, 6.45) is 8.51. The third-order valence-corrected chi connectivity index (χ3v) is 7.98. The van der Waals surface area contributed by atoms with E-state index in [1.165, 1.54) is 9.70 Å². The van der Waals surface area contributed by atoms with Crippen molar-refractivity contribution in [1.82, 2.24) is 40.7 Å². The summed E-state index contributed by atoms with van der Waals surface area (Å²) in [7, 11) is 0. The molecule has 3 N–H and O–H groups in total. The van der Waals surface area contributed by atoms with Crippen LogP contribution >= 0.6 is 0 Å². The van der Waals surface area contributed by atoms with Gasteiger partial charge in [0.25, 0.3) is 0 Å². The van der Waals surface area contributed by atoms with Crippen LogP contribution in [0.5, 0.6) is 0 Å². The average molecular weight is 595 g/mol. The van der Waals surface area contributed by atoms with Gasteiger partial charge in [0.05, 0.1) is 6.04 Å². The average Bonchev–Trinajstić information content (AvgIpc) is 3.28. The van der Waals surface area contributed by atoms with E-state index >= 15 is 0 Å². The number of hydrogen-bond donors (Lipinski definition) is 3. The van der Waals surface area contributed by atoms with Crippen molar-refractivity contribution in [3.8, 4) is 11.5 Å². The molecule has 5 atom stereocenters. The number of nitrogens with zero attached hydrogens (tertiary/aromatic N) is 6. The van der Waals surface area contributed by atoms with Crippen molar-refractivity contribution in [2.45, 2.75) is 95.0 Å². The first-order valence-corrected chi connectivity index (χ1v) is 14.7. The molecule has 5 rings (SSSR count). The first kappa shape index (κ1) is 30.1. The zero-order chi connectivity index (χ0) is 30.8. The zero-order valence-electron chi connectivity index (χ0n) is 24.6. The lowest BCUT2D eigenvalue weighted by Crippen LogP contribution is -2.56. The summed E-state index contributed by atoms with van der Waals surface area (Å²) in [6.45, 7) is 5.26. The maximum absolute atomic E-state index is 14.1. The number of amides is 3. The Bertz CT molecular complexity index is 1390. The molecule has 4 heterocycles. The zero-order valence-corrected chi connectivity index (χ0v) is 24.6. The largest absolute Gasteiger partial charge is 0.479 e. The smallest absolute Gasteiger partial charge is 0.408 e. The number of carboxylic acid groups (broad SMARTS) is 1. The second kappa shape index (κ2) is 12.1. The number of alkyl carbamates (subject to hydrolysis) is 1. The molecular formula is C29H38N8O6. The summed E-state index contributed by atoms with van der Waals surface area (Å²) in [5.41, 5.74) is -1.67. The maximum atomic E-state index is 14.1. The van der Waals surface area contributed by atoms with Gasteiger partial charge in [0.1, 0.15) is 28.9 Å². The SMILES string of the molecule is CC(C)(C)OC(=O)N[C@@H]1CCCCC/C=C\[C@H]2C[C@]2(C(=O)O)NC(=O)[C@@H]2C[C@H](n3nnc(-c4ccccn4)n3)CN2C1=O. The molecule has 3 aliphatic rings. The molecule has 14 heteroatoms. The Morgan fingerprint density at radius 3 is 2.72 bits per heavy atom. The van der Waals surface area contributed by atoms with Gasteiger partial charge in [0.2, 0.25) is 17.6 Å². The fraction of sp³-hybridized carbons (Fsp3) is 0.586. The highest BCUT2D eigenvalue weighted by Crippen LogP contribution is 2.45. The fourth-order valence-electron chi connectivity index (χ4n) is 5.67. The van der Waals surface area contributed by atoms with E-state index in [1.807, 2.05) is 12.2 Å². The number of tetrazole rings is 1. The third kappa shape index (κ3) is 6.83. The molecule has 2 aromatic heterocycles. The Kier molecular flexibility index (Phi) is 8.47. The number of carbonyl (C=O) groups excluding carboxylic acids is 3. The second-order valence-electron chi connectivity index (χ2n) is 12.4. The third-order valence-electron chi connectivity index (χ3n) is 7.98. The summed E-state index contributed by atoms with van der Waals surface area (Å²) in [4.78, 5) is 59.9. The molecule has 0 spiro atoms. The number of nitrogens with one attached hydrogen (secondary N) is 2. The van der Waals surface area contributed by atoms with Crippen molar-refractivity contribution in [1.29, 1.82) is 0 Å². The molecule has 1 saturated carbocycles. The van der Waals surface area contributed by atoms with Crippen molar-refractivity contribution in [3.05, 3.63) is 36.5 Å². The molecule has 0 bridgehead atoms. The van der Waals surface area contributed by atoms with E-state index in [0.717, 1.165) is 19.3 Å². The number of aromatic nitrogens is 5. The number of rotatable bonds is 4. The van der Waals surface area contributed by atoms with Crippen molar-refractivity contribution in [3.63, 3.8) is 0 Å². The van der Waals surface area contributed by atoms with Gasteiger partial charge < -0.3 is 25.4 Å². The van der Waals surface area contributed by atoms with Gasteiger partial charge in [-0.1, -0.05) is 31.1 Å². The Labute approximate surface area is 249 Å². The number of carboxylic acids is 1. The van der Waals surface area contributed by atoms with Gasteiger partial charge in [-0.3, -0.25) is 14.6 Å². The van der Waals surface area contributed by atoms with Gasteiger partial charge in [0.15, 0.2) is 0 Å². The molecule has 2 aromatic rings. The highest BCUT2D eigenvalue weighted by molar-refractivity contribution is 5.96. The Hall–Kier alpha value is -4.36. The Morgan fingerprint density at radius 2 is 2.00 bits per heavy atom. The van der Waals surface area contributed by atoms with E-state index < -0.39 is 53.1 Å². The van der Waals surface area contributed by atoms with Gasteiger partial charge in [0, 0.05) is 25.1 Å². The first-order valence-electron chi connectivity index (χ1n) is 14.7. The van der Waals surface area contributed by atoms with E-state index in [0.29, 0.717) is 24.4 Å². The van der Waals surface area contributed by atoms with E-state index in [1.54, 1.807) is 45.2 Å². The quantitative estimate of drug-likeness (QED) is 0.444. The van der Waals surface area contributed by atoms with Crippen molar-refractivity contribution < 1.29 is 29.0 Å². The second-order valence-corrected chi connectivity index (χ2v) is 12.4. The van der Waals surface area contributed by atoms with Crippen LogP contribution in [0.2, 0.25) is 0 Å². The van der Waals surface area contributed by atoms with Gasteiger partial charge in [-0.25, -0.2) is 9.59 Å². The van der Waals surface area contributed by atoms with Crippen molar-refractivity contribution >= 4 is 23.9 Å².